The Labute approximate surface area is 112 Å². The van der Waals surface area contributed by atoms with Crippen LogP contribution in [0, 0.1) is 0 Å². The SMILES string of the molecule is CCCCCCC1(C)OCO/C1=C\C[N+](C)(C)C. The molecule has 0 aliphatic carbocycles. The van der Waals surface area contributed by atoms with Crippen LogP contribution in [0.15, 0.2) is 11.8 Å². The third kappa shape index (κ3) is 4.99. The smallest absolute Gasteiger partial charge is 0.189 e. The van der Waals surface area contributed by atoms with Gasteiger partial charge in [-0.2, -0.15) is 0 Å². The van der Waals surface area contributed by atoms with Gasteiger partial charge >= 0.3 is 0 Å². The zero-order valence-electron chi connectivity index (χ0n) is 12.8. The molecular formula is C15H30NO2+. The van der Waals surface area contributed by atoms with E-state index in [1.165, 1.54) is 25.7 Å². The third-order valence-corrected chi connectivity index (χ3v) is 3.44. The van der Waals surface area contributed by atoms with Crippen molar-refractivity contribution in [3.05, 3.63) is 11.8 Å². The molecule has 3 nitrogen and oxygen atoms in total. The van der Waals surface area contributed by atoms with Crippen LogP contribution in [0.3, 0.4) is 0 Å². The van der Waals surface area contributed by atoms with E-state index in [2.05, 4.69) is 41.1 Å². The van der Waals surface area contributed by atoms with Crippen LogP contribution < -0.4 is 0 Å². The van der Waals surface area contributed by atoms with Crippen LogP contribution in [0.4, 0.5) is 0 Å². The average Bonchev–Trinajstić information content (AvgIpc) is 2.63. The summed E-state index contributed by atoms with van der Waals surface area (Å²) in [6.07, 6.45) is 8.36. The molecule has 0 aromatic carbocycles. The highest BCUT2D eigenvalue weighted by Crippen LogP contribution is 2.34. The molecule has 1 rings (SSSR count). The fourth-order valence-corrected chi connectivity index (χ4v) is 2.16. The number of likely N-dealkylation sites (N-methyl/N-ethyl adjacent to an activating group) is 1. The van der Waals surface area contributed by atoms with Gasteiger partial charge in [0.25, 0.3) is 0 Å². The molecule has 1 aliphatic rings. The number of hydrogen-bond acceptors (Lipinski definition) is 2. The lowest BCUT2D eigenvalue weighted by Crippen LogP contribution is -2.35. The highest BCUT2D eigenvalue weighted by atomic mass is 16.7. The summed E-state index contributed by atoms with van der Waals surface area (Å²) in [6.45, 7) is 5.79. The van der Waals surface area contributed by atoms with Gasteiger partial charge in [0.15, 0.2) is 6.79 Å². The van der Waals surface area contributed by atoms with Crippen molar-refractivity contribution in [2.24, 2.45) is 0 Å². The van der Waals surface area contributed by atoms with Crippen LogP contribution in [-0.2, 0) is 9.47 Å². The fraction of sp³-hybridized carbons (Fsp3) is 0.867. The lowest BCUT2D eigenvalue weighted by Gasteiger charge is -2.25. The lowest BCUT2D eigenvalue weighted by molar-refractivity contribution is -0.864. The van der Waals surface area contributed by atoms with E-state index >= 15 is 0 Å². The van der Waals surface area contributed by atoms with E-state index in [1.807, 2.05) is 0 Å². The zero-order valence-corrected chi connectivity index (χ0v) is 12.8. The molecule has 1 heterocycles. The Bertz CT molecular complexity index is 281. The van der Waals surface area contributed by atoms with Crippen molar-refractivity contribution in [2.75, 3.05) is 34.5 Å². The molecular weight excluding hydrogens is 226 g/mol. The third-order valence-electron chi connectivity index (χ3n) is 3.44. The Morgan fingerprint density at radius 3 is 2.56 bits per heavy atom. The van der Waals surface area contributed by atoms with Gasteiger partial charge in [0, 0.05) is 6.08 Å². The molecule has 1 atom stereocenters. The number of unbranched alkanes of at least 4 members (excludes halogenated alkanes) is 3. The molecule has 1 fully saturated rings. The normalized spacial score (nSPS) is 26.6. The highest BCUT2D eigenvalue weighted by Gasteiger charge is 2.36. The van der Waals surface area contributed by atoms with Gasteiger partial charge in [0.05, 0.1) is 21.1 Å². The van der Waals surface area contributed by atoms with Crippen LogP contribution >= 0.6 is 0 Å². The minimum Gasteiger partial charge on any atom is -0.469 e. The Morgan fingerprint density at radius 2 is 1.94 bits per heavy atom. The molecule has 0 spiro atoms. The Kier molecular flexibility index (Phi) is 5.67. The van der Waals surface area contributed by atoms with Gasteiger partial charge in [-0.15, -0.1) is 0 Å². The van der Waals surface area contributed by atoms with Gasteiger partial charge < -0.3 is 14.0 Å². The van der Waals surface area contributed by atoms with Gasteiger partial charge in [-0.3, -0.25) is 0 Å². The summed E-state index contributed by atoms with van der Waals surface area (Å²) in [5.41, 5.74) is -0.192. The van der Waals surface area contributed by atoms with Gasteiger partial charge in [0.2, 0.25) is 0 Å². The number of nitrogens with zero attached hydrogens (tertiary/aromatic N) is 1. The Balaban J connectivity index is 2.51. The Morgan fingerprint density at radius 1 is 1.22 bits per heavy atom. The predicted molar refractivity (Wildman–Crippen MR) is 75.2 cm³/mol. The van der Waals surface area contributed by atoms with Crippen LogP contribution in [0.5, 0.6) is 0 Å². The van der Waals surface area contributed by atoms with Crippen LogP contribution in [0.25, 0.3) is 0 Å². The van der Waals surface area contributed by atoms with E-state index in [0.29, 0.717) is 6.79 Å². The molecule has 1 saturated heterocycles. The van der Waals surface area contributed by atoms with E-state index in [0.717, 1.165) is 23.2 Å². The molecule has 0 N–H and O–H groups in total. The first-order valence-electron chi connectivity index (χ1n) is 7.15. The summed E-state index contributed by atoms with van der Waals surface area (Å²) in [4.78, 5) is 0. The number of rotatable bonds is 7. The number of hydrogen-bond donors (Lipinski definition) is 0. The maximum atomic E-state index is 5.80. The van der Waals surface area contributed by atoms with Crippen molar-refractivity contribution in [1.82, 2.24) is 0 Å². The second-order valence-corrected chi connectivity index (χ2v) is 6.49. The van der Waals surface area contributed by atoms with Crippen LogP contribution in [0.1, 0.15) is 46.0 Å². The molecule has 0 saturated carbocycles. The minimum absolute atomic E-state index is 0.192. The molecule has 1 unspecified atom stereocenters. The summed E-state index contributed by atoms with van der Waals surface area (Å²) >= 11 is 0. The standard InChI is InChI=1S/C15H30NO2/c1-6-7-8-9-11-15(2)14(17-13-18-15)10-12-16(3,4)5/h10H,6-9,11-13H2,1-5H3/q+1/b14-10-. The first-order chi connectivity index (χ1) is 8.37. The van der Waals surface area contributed by atoms with Crippen molar-refractivity contribution >= 4 is 0 Å². The Hall–Kier alpha value is -0.540. The molecule has 18 heavy (non-hydrogen) atoms. The molecule has 106 valence electrons. The summed E-state index contributed by atoms with van der Waals surface area (Å²) in [7, 11) is 6.56. The molecule has 0 aromatic rings. The summed E-state index contributed by atoms with van der Waals surface area (Å²) in [6, 6.07) is 0. The van der Waals surface area contributed by atoms with E-state index < -0.39 is 0 Å². The highest BCUT2D eigenvalue weighted by molar-refractivity contribution is 5.11. The fourth-order valence-electron chi connectivity index (χ4n) is 2.16. The van der Waals surface area contributed by atoms with Crippen molar-refractivity contribution in [2.45, 2.75) is 51.6 Å². The van der Waals surface area contributed by atoms with Gasteiger partial charge in [0.1, 0.15) is 17.9 Å². The average molecular weight is 256 g/mol. The van der Waals surface area contributed by atoms with Crippen LogP contribution in [-0.4, -0.2) is 44.6 Å². The lowest BCUT2D eigenvalue weighted by atomic mass is 9.95. The van der Waals surface area contributed by atoms with Crippen molar-refractivity contribution in [3.63, 3.8) is 0 Å². The topological polar surface area (TPSA) is 18.5 Å². The number of quaternary nitrogens is 1. The molecule has 1 aliphatic heterocycles. The first kappa shape index (κ1) is 15.5. The maximum absolute atomic E-state index is 5.80. The van der Waals surface area contributed by atoms with E-state index in [9.17, 15) is 0 Å². The van der Waals surface area contributed by atoms with Crippen molar-refractivity contribution < 1.29 is 14.0 Å². The first-order valence-corrected chi connectivity index (χ1v) is 7.15. The van der Waals surface area contributed by atoms with Crippen LogP contribution in [0.2, 0.25) is 0 Å². The van der Waals surface area contributed by atoms with Gasteiger partial charge in [-0.25, -0.2) is 0 Å². The van der Waals surface area contributed by atoms with Gasteiger partial charge in [-0.1, -0.05) is 32.6 Å². The van der Waals surface area contributed by atoms with Gasteiger partial charge in [-0.05, 0) is 13.3 Å². The second kappa shape index (κ2) is 6.58. The minimum atomic E-state index is -0.192. The quantitative estimate of drug-likeness (QED) is 0.514. The molecule has 3 heteroatoms. The van der Waals surface area contributed by atoms with Crippen molar-refractivity contribution in [1.29, 1.82) is 0 Å². The molecule has 0 aromatic heterocycles. The van der Waals surface area contributed by atoms with Crippen molar-refractivity contribution in [3.8, 4) is 0 Å². The second-order valence-electron chi connectivity index (χ2n) is 6.49. The summed E-state index contributed by atoms with van der Waals surface area (Å²) in [5, 5.41) is 0. The summed E-state index contributed by atoms with van der Waals surface area (Å²) < 4.78 is 12.4. The molecule has 0 bridgehead atoms. The largest absolute Gasteiger partial charge is 0.469 e. The maximum Gasteiger partial charge on any atom is 0.189 e. The number of ether oxygens (including phenoxy) is 2. The molecule has 0 amide bonds. The van der Waals surface area contributed by atoms with E-state index in [1.54, 1.807) is 0 Å². The molecule has 0 radical (unpaired) electrons. The predicted octanol–water partition coefficient (Wildman–Crippen LogP) is 3.31. The monoisotopic (exact) mass is 256 g/mol. The van der Waals surface area contributed by atoms with E-state index in [-0.39, 0.29) is 5.60 Å². The van der Waals surface area contributed by atoms with E-state index in [4.69, 9.17) is 9.47 Å². The zero-order chi connectivity index (χ0) is 13.6. The summed E-state index contributed by atoms with van der Waals surface area (Å²) in [5.74, 6) is 1.03.